The molecule has 1 saturated heterocycles. The topological polar surface area (TPSA) is 79.1 Å². The van der Waals surface area contributed by atoms with Gasteiger partial charge in [0.15, 0.2) is 16.6 Å². The quantitative estimate of drug-likeness (QED) is 0.537. The lowest BCUT2D eigenvalue weighted by atomic mass is 10.1. The number of ether oxygens (including phenoxy) is 3. The van der Waals surface area contributed by atoms with Crippen LogP contribution in [0.5, 0.6) is 11.5 Å². The number of nitrogens with zero attached hydrogens (tertiary/aromatic N) is 2. The van der Waals surface area contributed by atoms with Crippen molar-refractivity contribution in [1.29, 1.82) is 0 Å². The average molecular weight is 475 g/mol. The van der Waals surface area contributed by atoms with Gasteiger partial charge in [0, 0.05) is 43.3 Å². The van der Waals surface area contributed by atoms with Gasteiger partial charge in [-0.3, -0.25) is 4.79 Å². The van der Waals surface area contributed by atoms with Gasteiger partial charge in [0.05, 0.1) is 18.2 Å². The predicted molar refractivity (Wildman–Crippen MR) is 133 cm³/mol. The summed E-state index contributed by atoms with van der Waals surface area (Å²) in [6.45, 7) is 10.8. The molecule has 0 saturated carbocycles. The van der Waals surface area contributed by atoms with Gasteiger partial charge in [-0.25, -0.2) is 0 Å². The number of benzene rings is 1. The summed E-state index contributed by atoms with van der Waals surface area (Å²) >= 11 is 5.74. The van der Waals surface area contributed by atoms with Crippen LogP contribution >= 0.6 is 12.2 Å². The van der Waals surface area contributed by atoms with Crippen LogP contribution in [0.15, 0.2) is 23.0 Å². The molecule has 1 atom stereocenters. The first-order valence-corrected chi connectivity index (χ1v) is 12.3. The van der Waals surface area contributed by atoms with E-state index in [1.165, 1.54) is 0 Å². The number of nitrogens with one attached hydrogen (secondary N) is 2. The summed E-state index contributed by atoms with van der Waals surface area (Å²) in [7, 11) is 0. The lowest BCUT2D eigenvalue weighted by molar-refractivity contribution is 0.113. The van der Waals surface area contributed by atoms with E-state index >= 15 is 0 Å². The maximum atomic E-state index is 12.9. The first kappa shape index (κ1) is 23.8. The van der Waals surface area contributed by atoms with Gasteiger partial charge in [0.1, 0.15) is 13.2 Å². The zero-order chi connectivity index (χ0) is 23.2. The van der Waals surface area contributed by atoms with E-state index in [0.29, 0.717) is 48.5 Å². The number of pyridine rings is 1. The maximum absolute atomic E-state index is 12.9. The molecule has 3 heterocycles. The zero-order valence-corrected chi connectivity index (χ0v) is 20.3. The highest BCUT2D eigenvalue weighted by molar-refractivity contribution is 7.80. The van der Waals surface area contributed by atoms with Crippen molar-refractivity contribution < 1.29 is 14.2 Å². The van der Waals surface area contributed by atoms with Crippen LogP contribution in [0.1, 0.15) is 32.3 Å². The van der Waals surface area contributed by atoms with Crippen molar-refractivity contribution >= 4 is 28.2 Å². The summed E-state index contributed by atoms with van der Waals surface area (Å²) in [6.07, 6.45) is 2.34. The van der Waals surface area contributed by atoms with Crippen molar-refractivity contribution in [2.75, 3.05) is 52.5 Å². The van der Waals surface area contributed by atoms with Crippen LogP contribution in [0.3, 0.4) is 0 Å². The van der Waals surface area contributed by atoms with Gasteiger partial charge < -0.3 is 34.3 Å². The number of hydrogen-bond donors (Lipinski definition) is 2. The third kappa shape index (κ3) is 5.96. The molecule has 4 rings (SSSR count). The minimum atomic E-state index is -0.117. The van der Waals surface area contributed by atoms with Gasteiger partial charge in [0.2, 0.25) is 0 Å². The number of likely N-dealkylation sites (N-methyl/N-ethyl adjacent to an activating group) is 1. The summed E-state index contributed by atoms with van der Waals surface area (Å²) in [6, 6.07) is 5.69. The Morgan fingerprint density at radius 2 is 1.88 bits per heavy atom. The number of aromatic amines is 1. The van der Waals surface area contributed by atoms with Crippen molar-refractivity contribution in [3.8, 4) is 11.5 Å². The molecule has 0 spiro atoms. The summed E-state index contributed by atoms with van der Waals surface area (Å²) in [5, 5.41) is 4.93. The molecule has 0 bridgehead atoms. The fourth-order valence-electron chi connectivity index (χ4n) is 4.28. The molecule has 0 unspecified atom stereocenters. The highest BCUT2D eigenvalue weighted by Crippen LogP contribution is 2.33. The summed E-state index contributed by atoms with van der Waals surface area (Å²) in [5.74, 6) is 1.37. The van der Waals surface area contributed by atoms with E-state index in [-0.39, 0.29) is 11.7 Å². The van der Waals surface area contributed by atoms with Crippen LogP contribution < -0.4 is 20.3 Å². The highest BCUT2D eigenvalue weighted by atomic mass is 32.1. The Kier molecular flexibility index (Phi) is 8.06. The molecule has 9 heteroatoms. The molecular weight excluding hydrogens is 440 g/mol. The van der Waals surface area contributed by atoms with E-state index < -0.39 is 0 Å². The van der Waals surface area contributed by atoms with E-state index in [2.05, 4.69) is 33.9 Å². The van der Waals surface area contributed by atoms with E-state index in [0.717, 1.165) is 56.5 Å². The molecule has 0 amide bonds. The van der Waals surface area contributed by atoms with Crippen molar-refractivity contribution in [2.45, 2.75) is 39.3 Å². The van der Waals surface area contributed by atoms with E-state index in [4.69, 9.17) is 26.4 Å². The van der Waals surface area contributed by atoms with Gasteiger partial charge in [0.25, 0.3) is 5.56 Å². The van der Waals surface area contributed by atoms with Gasteiger partial charge in [-0.05, 0) is 50.3 Å². The van der Waals surface area contributed by atoms with Gasteiger partial charge >= 0.3 is 0 Å². The van der Waals surface area contributed by atoms with Crippen LogP contribution in [-0.2, 0) is 11.3 Å². The molecule has 1 fully saturated rings. The van der Waals surface area contributed by atoms with E-state index in [9.17, 15) is 4.79 Å². The maximum Gasteiger partial charge on any atom is 0.253 e. The molecule has 2 aromatic rings. The van der Waals surface area contributed by atoms with Crippen molar-refractivity contribution in [3.05, 3.63) is 34.1 Å². The molecule has 2 N–H and O–H groups in total. The Morgan fingerprint density at radius 3 is 2.58 bits per heavy atom. The molecule has 33 heavy (non-hydrogen) atoms. The lowest BCUT2D eigenvalue weighted by Crippen LogP contribution is -2.46. The molecule has 2 aliphatic heterocycles. The van der Waals surface area contributed by atoms with E-state index in [1.54, 1.807) is 0 Å². The Bertz CT molecular complexity index is 1020. The lowest BCUT2D eigenvalue weighted by Gasteiger charge is -2.29. The third-order valence-electron chi connectivity index (χ3n) is 6.32. The van der Waals surface area contributed by atoms with Crippen molar-refractivity contribution in [3.63, 3.8) is 0 Å². The Labute approximate surface area is 200 Å². The predicted octanol–water partition coefficient (Wildman–Crippen LogP) is 2.50. The van der Waals surface area contributed by atoms with E-state index in [1.807, 2.05) is 18.2 Å². The van der Waals surface area contributed by atoms with Crippen LogP contribution in [0.25, 0.3) is 10.9 Å². The Morgan fingerprint density at radius 1 is 1.12 bits per heavy atom. The molecule has 1 aromatic carbocycles. The second-order valence-electron chi connectivity index (χ2n) is 8.48. The van der Waals surface area contributed by atoms with Crippen LogP contribution in [0, 0.1) is 0 Å². The first-order valence-electron chi connectivity index (χ1n) is 11.9. The SMILES string of the molecule is CCN(CC)CCN(Cc1cc2cc3c(cc2[nH]c1=O)OCCO3)C(=S)NC[C@@H]1CCCO1. The standard InChI is InChI=1S/C24H34N4O4S/c1-3-27(4-2)7-8-28(24(33)25-15-19-6-5-9-30-19)16-18-12-17-13-21-22(32-11-10-31-21)14-20(17)26-23(18)29/h12-14,19H,3-11,15-16H2,1-2H3,(H,25,33)(H,26,29)/t19-/m0/s1. The van der Waals surface area contributed by atoms with Crippen LogP contribution in [0.2, 0.25) is 0 Å². The average Bonchev–Trinajstić information content (AvgIpc) is 3.35. The normalized spacial score (nSPS) is 17.5. The Hall–Kier alpha value is -2.36. The molecule has 8 nitrogen and oxygen atoms in total. The second kappa shape index (κ2) is 11.2. The monoisotopic (exact) mass is 474 g/mol. The second-order valence-corrected chi connectivity index (χ2v) is 8.86. The zero-order valence-electron chi connectivity index (χ0n) is 19.5. The van der Waals surface area contributed by atoms with Gasteiger partial charge in [-0.1, -0.05) is 13.8 Å². The highest BCUT2D eigenvalue weighted by Gasteiger charge is 2.19. The molecular formula is C24H34N4O4S. The fraction of sp³-hybridized carbons (Fsp3) is 0.583. The van der Waals surface area contributed by atoms with Crippen molar-refractivity contribution in [1.82, 2.24) is 20.1 Å². The minimum Gasteiger partial charge on any atom is -0.486 e. The summed E-state index contributed by atoms with van der Waals surface area (Å²) in [4.78, 5) is 20.4. The smallest absolute Gasteiger partial charge is 0.253 e. The molecule has 1 aromatic heterocycles. The Balaban J connectivity index is 1.53. The van der Waals surface area contributed by atoms with Crippen LogP contribution in [0.4, 0.5) is 0 Å². The summed E-state index contributed by atoms with van der Waals surface area (Å²) in [5.41, 5.74) is 1.29. The number of rotatable bonds is 9. The molecule has 0 aliphatic carbocycles. The number of thiocarbonyl (C=S) groups is 1. The molecule has 2 aliphatic rings. The molecule has 0 radical (unpaired) electrons. The van der Waals surface area contributed by atoms with Crippen LogP contribution in [-0.4, -0.2) is 78.5 Å². The number of fused-ring (bicyclic) bond motifs is 2. The van der Waals surface area contributed by atoms with Gasteiger partial charge in [-0.2, -0.15) is 0 Å². The minimum absolute atomic E-state index is 0.117. The first-order chi connectivity index (χ1) is 16.1. The molecule has 180 valence electrons. The fourth-order valence-corrected chi connectivity index (χ4v) is 4.52. The number of H-pyrrole nitrogens is 1. The number of hydrogen-bond acceptors (Lipinski definition) is 6. The third-order valence-corrected chi connectivity index (χ3v) is 6.72. The largest absolute Gasteiger partial charge is 0.486 e. The van der Waals surface area contributed by atoms with Gasteiger partial charge in [-0.15, -0.1) is 0 Å². The number of aromatic nitrogens is 1. The summed E-state index contributed by atoms with van der Waals surface area (Å²) < 4.78 is 17.1. The van der Waals surface area contributed by atoms with Crippen molar-refractivity contribution in [2.24, 2.45) is 0 Å².